The number of alkyl halides is 3. The minimum Gasteiger partial charge on any atom is -0.447 e. The smallest absolute Gasteiger partial charge is 0.416 e. The largest absolute Gasteiger partial charge is 0.447 e. The van der Waals surface area contributed by atoms with E-state index in [0.717, 1.165) is 18.6 Å². The Hall–Kier alpha value is -2.61. The zero-order valence-electron chi connectivity index (χ0n) is 15.6. The molecule has 1 heterocycles. The number of aliphatic hydroxyl groups is 1. The first-order chi connectivity index (χ1) is 13.2. The van der Waals surface area contributed by atoms with Gasteiger partial charge < -0.3 is 9.84 Å². The number of allylic oxidation sites excluding steroid dienone is 2. The number of aryl methyl sites for hydroxylation is 1. The number of carbonyl (C=O) groups excluding carboxylic acids is 2. The summed E-state index contributed by atoms with van der Waals surface area (Å²) in [6.45, 7) is 5.37. The number of benzene rings is 1. The van der Waals surface area contributed by atoms with E-state index >= 15 is 0 Å². The summed E-state index contributed by atoms with van der Waals surface area (Å²) < 4.78 is 42.2. The third kappa shape index (κ3) is 7.56. The number of amides is 2. The van der Waals surface area contributed by atoms with Crippen LogP contribution in [0.2, 0.25) is 0 Å². The van der Waals surface area contributed by atoms with Gasteiger partial charge in [0.15, 0.2) is 0 Å². The molecule has 0 spiro atoms. The van der Waals surface area contributed by atoms with Crippen LogP contribution in [-0.2, 0) is 16.0 Å². The first-order valence-corrected chi connectivity index (χ1v) is 8.77. The lowest BCUT2D eigenvalue weighted by molar-refractivity contribution is -0.136. The Labute approximate surface area is 162 Å². The fraction of sp³-hybridized carbons (Fsp3) is 0.400. The minimum atomic E-state index is -4.55. The van der Waals surface area contributed by atoms with Crippen molar-refractivity contribution in [2.75, 3.05) is 13.2 Å². The summed E-state index contributed by atoms with van der Waals surface area (Å²) in [7, 11) is 0. The summed E-state index contributed by atoms with van der Waals surface area (Å²) in [5.41, 5.74) is 0.510. The van der Waals surface area contributed by atoms with Crippen LogP contribution in [0, 0.1) is 0 Å². The average Bonchev–Trinajstić information content (AvgIpc) is 3.10. The van der Waals surface area contributed by atoms with E-state index in [1.54, 1.807) is 0 Å². The fourth-order valence-corrected chi connectivity index (χ4v) is 2.31. The van der Waals surface area contributed by atoms with Crippen molar-refractivity contribution in [1.29, 1.82) is 0 Å². The molecule has 5 nitrogen and oxygen atoms in total. The number of ether oxygens (including phenoxy) is 1. The maximum absolute atomic E-state index is 12.6. The third-order valence-electron chi connectivity index (χ3n) is 3.88. The lowest BCUT2D eigenvalue weighted by Crippen LogP contribution is -2.39. The Kier molecular flexibility index (Phi) is 9.44. The van der Waals surface area contributed by atoms with E-state index in [-0.39, 0.29) is 13.2 Å². The number of hydrogen-bond acceptors (Lipinski definition) is 4. The van der Waals surface area contributed by atoms with Crippen LogP contribution in [0.1, 0.15) is 25.3 Å². The van der Waals surface area contributed by atoms with Crippen molar-refractivity contribution in [2.24, 2.45) is 0 Å². The summed E-state index contributed by atoms with van der Waals surface area (Å²) in [6, 6.07) is 10.5. The predicted molar refractivity (Wildman–Crippen MR) is 98.5 cm³/mol. The molecule has 0 unspecified atom stereocenters. The van der Waals surface area contributed by atoms with Crippen molar-refractivity contribution in [3.8, 4) is 0 Å². The maximum atomic E-state index is 12.6. The highest BCUT2D eigenvalue weighted by Crippen LogP contribution is 2.29. The van der Waals surface area contributed by atoms with Crippen molar-refractivity contribution in [3.05, 3.63) is 60.2 Å². The second kappa shape index (κ2) is 11.3. The molecule has 2 rings (SSSR count). The van der Waals surface area contributed by atoms with Gasteiger partial charge in [-0.15, -0.1) is 6.58 Å². The molecule has 2 amide bonds. The minimum absolute atomic E-state index is 0.0113. The van der Waals surface area contributed by atoms with Gasteiger partial charge in [0.25, 0.3) is 5.91 Å². The molecule has 1 aromatic carbocycles. The molecule has 0 aliphatic carbocycles. The Morgan fingerprint density at radius 1 is 1.36 bits per heavy atom. The van der Waals surface area contributed by atoms with Crippen LogP contribution in [0.15, 0.2) is 54.6 Å². The monoisotopic (exact) mass is 399 g/mol. The van der Waals surface area contributed by atoms with Gasteiger partial charge in [-0.2, -0.15) is 13.2 Å². The Morgan fingerprint density at radius 3 is 2.43 bits per heavy atom. The molecule has 0 bridgehead atoms. The second-order valence-electron chi connectivity index (χ2n) is 5.91. The Morgan fingerprint density at radius 2 is 2.00 bits per heavy atom. The van der Waals surface area contributed by atoms with Crippen LogP contribution >= 0.6 is 0 Å². The molecule has 1 aliphatic heterocycles. The zero-order valence-corrected chi connectivity index (χ0v) is 15.6. The molecule has 0 aromatic heterocycles. The molecule has 1 saturated heterocycles. The molecule has 1 aliphatic rings. The molecular weight excluding hydrogens is 375 g/mol. The van der Waals surface area contributed by atoms with Crippen LogP contribution in [-0.4, -0.2) is 47.4 Å². The standard InChI is InChI=1S/C12H14F3NO4.C8H10/c1-2-3-8(12(13,14)15)4-5-9(17)10(18)16-6-7-20-11(16)19;1-2-8-6-4-3-5-7-8/h2,4,9,17H,1,3,5-7H2;3-7H,2H2,1H3/b8-4+;/t9-;/m0./s1. The molecule has 0 saturated carbocycles. The van der Waals surface area contributed by atoms with E-state index in [9.17, 15) is 27.9 Å². The molecule has 1 aromatic rings. The SMILES string of the molecule is C=CC/C(=C\C[C@H](O)C(=O)N1CCOC1=O)C(F)(F)F.CCc1ccccc1. The number of imide groups is 1. The zero-order chi connectivity index (χ0) is 21.2. The fourth-order valence-electron chi connectivity index (χ4n) is 2.31. The molecule has 1 atom stereocenters. The first kappa shape index (κ1) is 23.4. The summed E-state index contributed by atoms with van der Waals surface area (Å²) in [5, 5.41) is 9.54. The summed E-state index contributed by atoms with van der Waals surface area (Å²) in [6.07, 6.45) is -5.19. The molecule has 154 valence electrons. The van der Waals surface area contributed by atoms with Gasteiger partial charge in [-0.3, -0.25) is 4.79 Å². The van der Waals surface area contributed by atoms with Gasteiger partial charge in [0.2, 0.25) is 0 Å². The number of carbonyl (C=O) groups is 2. The molecule has 1 N–H and O–H groups in total. The van der Waals surface area contributed by atoms with E-state index in [4.69, 9.17) is 0 Å². The summed E-state index contributed by atoms with van der Waals surface area (Å²) in [5.74, 6) is -0.969. The summed E-state index contributed by atoms with van der Waals surface area (Å²) >= 11 is 0. The lowest BCUT2D eigenvalue weighted by Gasteiger charge is -2.15. The van der Waals surface area contributed by atoms with Crippen LogP contribution in [0.3, 0.4) is 0 Å². The van der Waals surface area contributed by atoms with Crippen molar-refractivity contribution in [1.82, 2.24) is 4.90 Å². The van der Waals surface area contributed by atoms with Crippen LogP contribution < -0.4 is 0 Å². The van der Waals surface area contributed by atoms with E-state index in [2.05, 4.69) is 42.5 Å². The lowest BCUT2D eigenvalue weighted by atomic mass is 10.1. The number of hydrogen-bond donors (Lipinski definition) is 1. The predicted octanol–water partition coefficient (Wildman–Crippen LogP) is 4.03. The second-order valence-corrected chi connectivity index (χ2v) is 5.91. The highest BCUT2D eigenvalue weighted by atomic mass is 19.4. The van der Waals surface area contributed by atoms with Crippen LogP contribution in [0.4, 0.5) is 18.0 Å². The van der Waals surface area contributed by atoms with E-state index in [0.29, 0.717) is 4.90 Å². The van der Waals surface area contributed by atoms with E-state index in [1.807, 2.05) is 6.07 Å². The van der Waals surface area contributed by atoms with Crippen LogP contribution in [0.25, 0.3) is 0 Å². The third-order valence-corrected chi connectivity index (χ3v) is 3.88. The number of cyclic esters (lactones) is 1. The topological polar surface area (TPSA) is 66.8 Å². The Balaban J connectivity index is 0.000000406. The van der Waals surface area contributed by atoms with Gasteiger partial charge in [0, 0.05) is 12.0 Å². The molecule has 1 fully saturated rings. The van der Waals surface area contributed by atoms with Gasteiger partial charge in [0.05, 0.1) is 6.54 Å². The van der Waals surface area contributed by atoms with Crippen LogP contribution in [0.5, 0.6) is 0 Å². The maximum Gasteiger partial charge on any atom is 0.416 e. The number of halogens is 3. The van der Waals surface area contributed by atoms with Crippen molar-refractivity contribution < 1.29 is 32.6 Å². The van der Waals surface area contributed by atoms with Gasteiger partial charge in [-0.05, 0) is 18.4 Å². The van der Waals surface area contributed by atoms with Crippen molar-refractivity contribution in [3.63, 3.8) is 0 Å². The van der Waals surface area contributed by atoms with Crippen molar-refractivity contribution in [2.45, 2.75) is 38.5 Å². The number of nitrogens with zero attached hydrogens (tertiary/aromatic N) is 1. The highest BCUT2D eigenvalue weighted by Gasteiger charge is 2.34. The van der Waals surface area contributed by atoms with Gasteiger partial charge in [0.1, 0.15) is 12.7 Å². The average molecular weight is 399 g/mol. The Bertz CT molecular complexity index is 686. The molecule has 28 heavy (non-hydrogen) atoms. The van der Waals surface area contributed by atoms with Gasteiger partial charge in [-0.25, -0.2) is 9.69 Å². The van der Waals surface area contributed by atoms with Crippen molar-refractivity contribution >= 4 is 12.0 Å². The molecule has 8 heteroatoms. The molecule has 0 radical (unpaired) electrons. The van der Waals surface area contributed by atoms with Gasteiger partial charge in [-0.1, -0.05) is 49.4 Å². The summed E-state index contributed by atoms with van der Waals surface area (Å²) in [4.78, 5) is 23.4. The van der Waals surface area contributed by atoms with E-state index < -0.39 is 42.7 Å². The van der Waals surface area contributed by atoms with E-state index in [1.165, 1.54) is 5.56 Å². The number of rotatable bonds is 6. The normalized spacial score (nSPS) is 15.4. The number of aliphatic hydroxyl groups excluding tert-OH is 1. The first-order valence-electron chi connectivity index (χ1n) is 8.77. The quantitative estimate of drug-likeness (QED) is 0.734. The van der Waals surface area contributed by atoms with Gasteiger partial charge >= 0.3 is 12.3 Å². The highest BCUT2D eigenvalue weighted by molar-refractivity contribution is 5.95. The molecular formula is C20H24F3NO4.